The van der Waals surface area contributed by atoms with Crippen molar-refractivity contribution in [3.63, 3.8) is 0 Å². The average molecular weight is 489 g/mol. The third-order valence-electron chi connectivity index (χ3n) is 6.36. The fraction of sp³-hybridized carbons (Fsp3) is 0.222. The Hall–Kier alpha value is -3.05. The first-order valence-corrected chi connectivity index (χ1v) is 11.6. The van der Waals surface area contributed by atoms with Gasteiger partial charge in [0.1, 0.15) is 5.75 Å². The predicted molar refractivity (Wildman–Crippen MR) is 132 cm³/mol. The fourth-order valence-corrected chi connectivity index (χ4v) is 5.11. The Morgan fingerprint density at radius 3 is 2.47 bits per heavy atom. The Labute approximate surface area is 196 Å². The maximum absolute atomic E-state index is 13.7. The van der Waals surface area contributed by atoms with E-state index < -0.39 is 0 Å². The van der Waals surface area contributed by atoms with Gasteiger partial charge in [0.05, 0.1) is 24.5 Å². The van der Waals surface area contributed by atoms with Crippen LogP contribution >= 0.6 is 15.9 Å². The second kappa shape index (κ2) is 8.47. The van der Waals surface area contributed by atoms with Gasteiger partial charge in [0, 0.05) is 27.7 Å². The standard InChI is InChI=1S/C27H25BrN2O2/c1-16-7-9-17(10-8-16)18-13-23-26(24(31)14-18)27(20-15-19(28)11-12-25(20)32-2)30-22-6-4-3-5-21(22)29-23/h3-12,15,18,27,29-30H,13-14H2,1-2H3. The maximum atomic E-state index is 13.7. The van der Waals surface area contributed by atoms with Gasteiger partial charge in [-0.3, -0.25) is 4.79 Å². The zero-order valence-electron chi connectivity index (χ0n) is 18.1. The van der Waals surface area contributed by atoms with E-state index in [4.69, 9.17) is 4.74 Å². The van der Waals surface area contributed by atoms with E-state index in [1.807, 2.05) is 42.5 Å². The van der Waals surface area contributed by atoms with E-state index in [-0.39, 0.29) is 17.7 Å². The number of ketones is 1. The second-order valence-electron chi connectivity index (χ2n) is 8.47. The number of halogens is 1. The number of methoxy groups -OCH3 is 1. The number of allylic oxidation sites excluding steroid dienone is 1. The highest BCUT2D eigenvalue weighted by Gasteiger charge is 2.37. The zero-order chi connectivity index (χ0) is 22.2. The summed E-state index contributed by atoms with van der Waals surface area (Å²) in [5.74, 6) is 1.08. The van der Waals surface area contributed by atoms with Crippen molar-refractivity contribution >= 4 is 33.1 Å². The Morgan fingerprint density at radius 1 is 0.969 bits per heavy atom. The molecule has 0 bridgehead atoms. The van der Waals surface area contributed by atoms with Crippen molar-refractivity contribution in [2.24, 2.45) is 0 Å². The normalized spacial score (nSPS) is 19.9. The number of fused-ring (bicyclic) bond motifs is 1. The third kappa shape index (κ3) is 3.82. The summed E-state index contributed by atoms with van der Waals surface area (Å²) in [4.78, 5) is 13.7. The van der Waals surface area contributed by atoms with Crippen LogP contribution in [0.3, 0.4) is 0 Å². The van der Waals surface area contributed by atoms with E-state index in [2.05, 4.69) is 57.8 Å². The summed E-state index contributed by atoms with van der Waals surface area (Å²) in [7, 11) is 1.67. The van der Waals surface area contributed by atoms with Gasteiger partial charge < -0.3 is 15.4 Å². The van der Waals surface area contributed by atoms with Gasteiger partial charge in [-0.1, -0.05) is 57.9 Å². The molecule has 2 N–H and O–H groups in total. The molecule has 1 heterocycles. The fourth-order valence-electron chi connectivity index (χ4n) is 4.73. The summed E-state index contributed by atoms with van der Waals surface area (Å²) in [6, 6.07) is 22.3. The van der Waals surface area contributed by atoms with Gasteiger partial charge in [-0.15, -0.1) is 0 Å². The van der Waals surface area contributed by atoms with Gasteiger partial charge in [-0.2, -0.15) is 0 Å². The van der Waals surface area contributed by atoms with Crippen molar-refractivity contribution in [3.8, 4) is 5.75 Å². The van der Waals surface area contributed by atoms with Crippen LogP contribution in [-0.2, 0) is 4.79 Å². The number of aryl methyl sites for hydroxylation is 1. The van der Waals surface area contributed by atoms with Crippen LogP contribution in [0.15, 0.2) is 82.5 Å². The molecule has 1 aliphatic heterocycles. The second-order valence-corrected chi connectivity index (χ2v) is 9.38. The first-order chi connectivity index (χ1) is 15.5. The molecule has 162 valence electrons. The molecule has 0 aromatic heterocycles. The minimum Gasteiger partial charge on any atom is -0.496 e. The number of ether oxygens (including phenoxy) is 1. The zero-order valence-corrected chi connectivity index (χ0v) is 19.7. The van der Waals surface area contributed by atoms with Crippen LogP contribution in [0, 0.1) is 6.92 Å². The monoisotopic (exact) mass is 488 g/mol. The lowest BCUT2D eigenvalue weighted by molar-refractivity contribution is -0.116. The van der Waals surface area contributed by atoms with Crippen LogP contribution in [0.4, 0.5) is 11.4 Å². The number of benzene rings is 3. The van der Waals surface area contributed by atoms with Crippen LogP contribution in [-0.4, -0.2) is 12.9 Å². The lowest BCUT2D eigenvalue weighted by Crippen LogP contribution is -2.27. The van der Waals surface area contributed by atoms with Crippen LogP contribution in [0.1, 0.15) is 41.5 Å². The topological polar surface area (TPSA) is 50.4 Å². The van der Waals surface area contributed by atoms with Crippen LogP contribution in [0.25, 0.3) is 0 Å². The molecule has 0 spiro atoms. The Morgan fingerprint density at radius 2 is 1.72 bits per heavy atom. The highest BCUT2D eigenvalue weighted by molar-refractivity contribution is 9.10. The first kappa shape index (κ1) is 20.8. The van der Waals surface area contributed by atoms with Gasteiger partial charge in [-0.25, -0.2) is 0 Å². The molecule has 1 aliphatic carbocycles. The minimum absolute atomic E-state index is 0.157. The molecule has 2 unspecified atom stereocenters. The molecule has 3 aromatic rings. The minimum atomic E-state index is -0.305. The lowest BCUT2D eigenvalue weighted by Gasteiger charge is -2.30. The molecule has 5 rings (SSSR count). The van der Waals surface area contributed by atoms with E-state index in [9.17, 15) is 4.79 Å². The average Bonchev–Trinajstić information content (AvgIpc) is 2.96. The molecule has 0 saturated carbocycles. The molecule has 0 amide bonds. The van der Waals surface area contributed by atoms with Gasteiger partial charge in [-0.05, 0) is 55.2 Å². The van der Waals surface area contributed by atoms with Crippen molar-refractivity contribution < 1.29 is 9.53 Å². The van der Waals surface area contributed by atoms with Crippen molar-refractivity contribution in [2.75, 3.05) is 17.7 Å². The quantitative estimate of drug-likeness (QED) is 0.428. The molecular formula is C27H25BrN2O2. The Bertz CT molecular complexity index is 1220. The number of anilines is 2. The van der Waals surface area contributed by atoms with Crippen LogP contribution in [0.5, 0.6) is 5.75 Å². The van der Waals surface area contributed by atoms with Gasteiger partial charge in [0.2, 0.25) is 0 Å². The summed E-state index contributed by atoms with van der Waals surface area (Å²) < 4.78 is 6.63. The van der Waals surface area contributed by atoms with E-state index in [1.54, 1.807) is 7.11 Å². The summed E-state index contributed by atoms with van der Waals surface area (Å²) in [6.07, 6.45) is 1.28. The van der Waals surface area contributed by atoms with Crippen molar-refractivity contribution in [1.29, 1.82) is 0 Å². The molecule has 0 fully saturated rings. The number of Topliss-reactive ketones (excluding diaryl/α,β-unsaturated/α-hetero) is 1. The number of hydrogen-bond donors (Lipinski definition) is 2. The van der Waals surface area contributed by atoms with Gasteiger partial charge >= 0.3 is 0 Å². The number of carbonyl (C=O) groups is 1. The molecule has 0 radical (unpaired) electrons. The van der Waals surface area contributed by atoms with Crippen molar-refractivity contribution in [1.82, 2.24) is 0 Å². The summed E-state index contributed by atoms with van der Waals surface area (Å²) in [6.45, 7) is 2.09. The number of carbonyl (C=O) groups excluding carboxylic acids is 1. The molecule has 0 saturated heterocycles. The third-order valence-corrected chi connectivity index (χ3v) is 6.85. The molecule has 3 aromatic carbocycles. The largest absolute Gasteiger partial charge is 0.496 e. The van der Waals surface area contributed by atoms with E-state index in [1.165, 1.54) is 11.1 Å². The first-order valence-electron chi connectivity index (χ1n) is 10.8. The molecule has 32 heavy (non-hydrogen) atoms. The Kier molecular flexibility index (Phi) is 5.51. The van der Waals surface area contributed by atoms with E-state index in [0.717, 1.165) is 44.9 Å². The highest BCUT2D eigenvalue weighted by Crippen LogP contribution is 2.46. The molecule has 2 aliphatic rings. The summed E-state index contributed by atoms with van der Waals surface area (Å²) >= 11 is 3.59. The molecule has 5 heteroatoms. The van der Waals surface area contributed by atoms with Crippen LogP contribution in [0.2, 0.25) is 0 Å². The summed E-state index contributed by atoms with van der Waals surface area (Å²) in [5, 5.41) is 7.23. The van der Waals surface area contributed by atoms with E-state index in [0.29, 0.717) is 6.42 Å². The highest BCUT2D eigenvalue weighted by atomic mass is 79.9. The van der Waals surface area contributed by atoms with Gasteiger partial charge in [0.25, 0.3) is 0 Å². The Balaban J connectivity index is 1.64. The lowest BCUT2D eigenvalue weighted by atomic mass is 9.78. The summed E-state index contributed by atoms with van der Waals surface area (Å²) in [5.41, 5.74) is 7.09. The number of hydrogen-bond acceptors (Lipinski definition) is 4. The number of nitrogens with one attached hydrogen (secondary N) is 2. The van der Waals surface area contributed by atoms with Crippen molar-refractivity contribution in [3.05, 3.63) is 99.2 Å². The molecule has 4 nitrogen and oxygen atoms in total. The number of rotatable bonds is 3. The number of para-hydroxylation sites is 2. The molecular weight excluding hydrogens is 464 g/mol. The van der Waals surface area contributed by atoms with E-state index >= 15 is 0 Å². The predicted octanol–water partition coefficient (Wildman–Crippen LogP) is 6.75. The van der Waals surface area contributed by atoms with Gasteiger partial charge in [0.15, 0.2) is 5.78 Å². The maximum Gasteiger partial charge on any atom is 0.163 e. The molecule has 2 atom stereocenters. The SMILES string of the molecule is COc1ccc(Br)cc1C1Nc2ccccc2NC2=C1C(=O)CC(c1ccc(C)cc1)C2. The smallest absolute Gasteiger partial charge is 0.163 e. The van der Waals surface area contributed by atoms with Crippen LogP contribution < -0.4 is 15.4 Å². The van der Waals surface area contributed by atoms with Crippen molar-refractivity contribution in [2.45, 2.75) is 31.7 Å².